The molecule has 5 nitrogen and oxygen atoms in total. The molecule has 0 saturated carbocycles. The number of hydrogen-bond acceptors (Lipinski definition) is 2. The molecule has 0 aliphatic rings. The zero-order valence-electron chi connectivity index (χ0n) is 12.5. The summed E-state index contributed by atoms with van der Waals surface area (Å²) in [5.41, 5.74) is 2.39. The van der Waals surface area contributed by atoms with Crippen molar-refractivity contribution in [3.63, 3.8) is 0 Å². The normalized spacial score (nSPS) is 10.2. The highest BCUT2D eigenvalue weighted by Crippen LogP contribution is 2.19. The topological polar surface area (TPSA) is 70.2 Å². The minimum Gasteiger partial charge on any atom is -0.338 e. The quantitative estimate of drug-likeness (QED) is 0.774. The number of hydrogen-bond donors (Lipinski definition) is 3. The summed E-state index contributed by atoms with van der Waals surface area (Å²) in [6.45, 7) is 8.41. The number of benzene rings is 1. The smallest absolute Gasteiger partial charge is 0.319 e. The van der Waals surface area contributed by atoms with E-state index in [-0.39, 0.29) is 11.9 Å². The monoisotopic (exact) mass is 277 g/mol. The molecule has 110 valence electrons. The fourth-order valence-electron chi connectivity index (χ4n) is 1.59. The lowest BCUT2D eigenvalue weighted by molar-refractivity contribution is -0.115. The molecular weight excluding hydrogens is 254 g/mol. The Morgan fingerprint density at radius 1 is 1.20 bits per heavy atom. The molecule has 0 spiro atoms. The molecule has 0 aliphatic carbocycles. The van der Waals surface area contributed by atoms with Crippen molar-refractivity contribution >= 4 is 23.3 Å². The SMILES string of the molecule is CCC(=O)Nc1ccc(NC(=O)NCC(C)C)cc1C. The van der Waals surface area contributed by atoms with Gasteiger partial charge in [0.25, 0.3) is 0 Å². The maximum Gasteiger partial charge on any atom is 0.319 e. The molecule has 1 aromatic rings. The highest BCUT2D eigenvalue weighted by atomic mass is 16.2. The predicted molar refractivity (Wildman–Crippen MR) is 82.0 cm³/mol. The van der Waals surface area contributed by atoms with Gasteiger partial charge in [-0.05, 0) is 36.6 Å². The van der Waals surface area contributed by atoms with Crippen LogP contribution in [0.5, 0.6) is 0 Å². The second-order valence-electron chi connectivity index (χ2n) is 5.16. The summed E-state index contributed by atoms with van der Waals surface area (Å²) >= 11 is 0. The first-order valence-corrected chi connectivity index (χ1v) is 6.87. The third-order valence-electron chi connectivity index (χ3n) is 2.75. The average molecular weight is 277 g/mol. The third kappa shape index (κ3) is 5.30. The van der Waals surface area contributed by atoms with Crippen LogP contribution in [0.15, 0.2) is 18.2 Å². The summed E-state index contributed by atoms with van der Waals surface area (Å²) in [4.78, 5) is 23.0. The molecule has 0 fully saturated rings. The van der Waals surface area contributed by atoms with E-state index in [1.165, 1.54) is 0 Å². The number of amides is 3. The van der Waals surface area contributed by atoms with E-state index in [1.54, 1.807) is 19.1 Å². The Morgan fingerprint density at radius 2 is 1.90 bits per heavy atom. The molecule has 0 atom stereocenters. The lowest BCUT2D eigenvalue weighted by atomic mass is 10.1. The molecule has 0 saturated heterocycles. The van der Waals surface area contributed by atoms with Crippen molar-refractivity contribution < 1.29 is 9.59 Å². The molecule has 3 amide bonds. The minimum absolute atomic E-state index is 0.0246. The second-order valence-corrected chi connectivity index (χ2v) is 5.16. The van der Waals surface area contributed by atoms with Gasteiger partial charge >= 0.3 is 6.03 Å². The van der Waals surface area contributed by atoms with Gasteiger partial charge in [-0.2, -0.15) is 0 Å². The van der Waals surface area contributed by atoms with Gasteiger partial charge in [0.05, 0.1) is 0 Å². The summed E-state index contributed by atoms with van der Waals surface area (Å²) < 4.78 is 0. The van der Waals surface area contributed by atoms with Crippen molar-refractivity contribution in [3.05, 3.63) is 23.8 Å². The van der Waals surface area contributed by atoms with Crippen LogP contribution >= 0.6 is 0 Å². The van der Waals surface area contributed by atoms with Crippen molar-refractivity contribution in [1.29, 1.82) is 0 Å². The molecular formula is C15H23N3O2. The molecule has 0 unspecified atom stereocenters. The number of rotatable bonds is 5. The number of urea groups is 1. The molecule has 0 heterocycles. The van der Waals surface area contributed by atoms with Crippen molar-refractivity contribution in [3.8, 4) is 0 Å². The summed E-state index contributed by atoms with van der Waals surface area (Å²) in [6.07, 6.45) is 0.442. The van der Waals surface area contributed by atoms with E-state index in [2.05, 4.69) is 16.0 Å². The number of carbonyl (C=O) groups excluding carboxylic acids is 2. The first kappa shape index (κ1) is 16.0. The van der Waals surface area contributed by atoms with E-state index in [0.717, 1.165) is 11.3 Å². The van der Waals surface area contributed by atoms with Gasteiger partial charge in [0.1, 0.15) is 0 Å². The molecule has 1 aromatic carbocycles. The summed E-state index contributed by atoms with van der Waals surface area (Å²) in [7, 11) is 0. The molecule has 20 heavy (non-hydrogen) atoms. The van der Waals surface area contributed by atoms with Crippen LogP contribution in [0.2, 0.25) is 0 Å². The predicted octanol–water partition coefficient (Wildman–Crippen LogP) is 3.12. The van der Waals surface area contributed by atoms with Crippen LogP contribution < -0.4 is 16.0 Å². The van der Waals surface area contributed by atoms with Crippen LogP contribution in [0.1, 0.15) is 32.8 Å². The standard InChI is InChI=1S/C15H23N3O2/c1-5-14(19)18-13-7-6-12(8-11(13)4)17-15(20)16-9-10(2)3/h6-8,10H,5,9H2,1-4H3,(H,18,19)(H2,16,17,20). The number of anilines is 2. The van der Waals surface area contributed by atoms with Gasteiger partial charge in [-0.25, -0.2) is 4.79 Å². The van der Waals surface area contributed by atoms with Crippen molar-refractivity contribution in [2.24, 2.45) is 5.92 Å². The highest BCUT2D eigenvalue weighted by Gasteiger charge is 2.06. The number of nitrogens with one attached hydrogen (secondary N) is 3. The first-order chi connectivity index (χ1) is 9.42. The first-order valence-electron chi connectivity index (χ1n) is 6.87. The Morgan fingerprint density at radius 3 is 2.45 bits per heavy atom. The Bertz CT molecular complexity index is 484. The van der Waals surface area contributed by atoms with E-state index >= 15 is 0 Å². The van der Waals surface area contributed by atoms with Gasteiger partial charge in [0.15, 0.2) is 0 Å². The van der Waals surface area contributed by atoms with E-state index in [9.17, 15) is 9.59 Å². The minimum atomic E-state index is -0.219. The van der Waals surface area contributed by atoms with Gasteiger partial charge in [-0.1, -0.05) is 20.8 Å². The van der Waals surface area contributed by atoms with Crippen LogP contribution in [0.4, 0.5) is 16.2 Å². The summed E-state index contributed by atoms with van der Waals surface area (Å²) in [5, 5.41) is 8.37. The van der Waals surface area contributed by atoms with E-state index < -0.39 is 0 Å². The highest BCUT2D eigenvalue weighted by molar-refractivity contribution is 5.93. The van der Waals surface area contributed by atoms with Gasteiger partial charge in [0.2, 0.25) is 5.91 Å². The summed E-state index contributed by atoms with van der Waals surface area (Å²) in [5.74, 6) is 0.387. The van der Waals surface area contributed by atoms with Crippen LogP contribution in [0, 0.1) is 12.8 Å². The van der Waals surface area contributed by atoms with Crippen molar-refractivity contribution in [2.75, 3.05) is 17.2 Å². The average Bonchev–Trinajstić information content (AvgIpc) is 2.39. The van der Waals surface area contributed by atoms with Gasteiger partial charge in [0, 0.05) is 24.3 Å². The fourth-order valence-corrected chi connectivity index (χ4v) is 1.59. The van der Waals surface area contributed by atoms with Crippen molar-refractivity contribution in [2.45, 2.75) is 34.1 Å². The fraction of sp³-hybridized carbons (Fsp3) is 0.467. The van der Waals surface area contributed by atoms with Crippen LogP contribution in [-0.4, -0.2) is 18.5 Å². The van der Waals surface area contributed by atoms with E-state index in [4.69, 9.17) is 0 Å². The largest absolute Gasteiger partial charge is 0.338 e. The molecule has 0 bridgehead atoms. The van der Waals surface area contributed by atoms with Gasteiger partial charge < -0.3 is 16.0 Å². The third-order valence-corrected chi connectivity index (χ3v) is 2.75. The van der Waals surface area contributed by atoms with Crippen molar-refractivity contribution in [1.82, 2.24) is 5.32 Å². The molecule has 3 N–H and O–H groups in total. The molecule has 1 rings (SSSR count). The molecule has 0 radical (unpaired) electrons. The maximum absolute atomic E-state index is 11.6. The maximum atomic E-state index is 11.6. The van der Waals surface area contributed by atoms with E-state index in [1.807, 2.05) is 26.8 Å². The molecule has 5 heteroatoms. The Balaban J connectivity index is 2.63. The van der Waals surface area contributed by atoms with Crippen LogP contribution in [0.25, 0.3) is 0 Å². The zero-order valence-corrected chi connectivity index (χ0v) is 12.5. The number of carbonyl (C=O) groups is 2. The molecule has 0 aliphatic heterocycles. The Kier molecular flexibility index (Phi) is 6.03. The van der Waals surface area contributed by atoms with E-state index in [0.29, 0.717) is 24.6 Å². The Hall–Kier alpha value is -2.04. The van der Waals surface area contributed by atoms with Gasteiger partial charge in [-0.15, -0.1) is 0 Å². The molecule has 0 aromatic heterocycles. The lowest BCUT2D eigenvalue weighted by Gasteiger charge is -2.12. The Labute approximate surface area is 120 Å². The number of aryl methyl sites for hydroxylation is 1. The lowest BCUT2D eigenvalue weighted by Crippen LogP contribution is -2.31. The van der Waals surface area contributed by atoms with Crippen LogP contribution in [-0.2, 0) is 4.79 Å². The van der Waals surface area contributed by atoms with Crippen LogP contribution in [0.3, 0.4) is 0 Å². The van der Waals surface area contributed by atoms with Gasteiger partial charge in [-0.3, -0.25) is 4.79 Å². The zero-order chi connectivity index (χ0) is 15.1. The second kappa shape index (κ2) is 7.53. The summed E-state index contributed by atoms with van der Waals surface area (Å²) in [6, 6.07) is 5.18.